The van der Waals surface area contributed by atoms with Crippen LogP contribution in [0.2, 0.25) is 0 Å². The summed E-state index contributed by atoms with van der Waals surface area (Å²) >= 11 is 0. The normalized spacial score (nSPS) is 17.4. The zero-order valence-electron chi connectivity index (χ0n) is 13.9. The van der Waals surface area contributed by atoms with E-state index in [2.05, 4.69) is 24.4 Å². The van der Waals surface area contributed by atoms with Crippen molar-refractivity contribution >= 4 is 12.4 Å². The first-order valence-corrected chi connectivity index (χ1v) is 8.66. The summed E-state index contributed by atoms with van der Waals surface area (Å²) in [5.74, 6) is 0. The van der Waals surface area contributed by atoms with Gasteiger partial charge in [-0.3, -0.25) is 0 Å². The minimum atomic E-state index is -0.462. The third-order valence-corrected chi connectivity index (χ3v) is 4.53. The van der Waals surface area contributed by atoms with Crippen LogP contribution in [0.25, 0.3) is 0 Å². The molecule has 0 heterocycles. The summed E-state index contributed by atoms with van der Waals surface area (Å²) < 4.78 is 5.81. The number of ether oxygens (including phenoxy) is 1. The quantitative estimate of drug-likeness (QED) is 0.737. The highest BCUT2D eigenvalue weighted by atomic mass is 16.6. The second-order valence-electron chi connectivity index (χ2n) is 6.47. The fraction of sp³-hybridized carbons (Fsp3) is 0.579. The highest BCUT2D eigenvalue weighted by Gasteiger charge is 2.38. The Kier molecular flexibility index (Phi) is 6.63. The van der Waals surface area contributed by atoms with Crippen LogP contribution in [0.5, 0.6) is 0 Å². The molecule has 126 valence electrons. The molecule has 2 rings (SSSR count). The average molecular weight is 317 g/mol. The Morgan fingerprint density at radius 2 is 2.00 bits per heavy atom. The maximum atomic E-state index is 12.2. The van der Waals surface area contributed by atoms with Gasteiger partial charge in [0.05, 0.1) is 6.04 Å². The molecule has 4 nitrogen and oxygen atoms in total. The van der Waals surface area contributed by atoms with Gasteiger partial charge in [0.1, 0.15) is 11.9 Å². The molecule has 1 unspecified atom stereocenters. The number of carbonyl (C=O) groups excluding carboxylic acids is 2. The SMILES string of the molecule is CCCCC(C=O)NC(=O)OC1(Cc2ccccc2)CCCC1. The van der Waals surface area contributed by atoms with E-state index >= 15 is 0 Å². The topological polar surface area (TPSA) is 55.4 Å². The number of amides is 1. The van der Waals surface area contributed by atoms with Crippen LogP contribution in [-0.4, -0.2) is 24.0 Å². The fourth-order valence-electron chi connectivity index (χ4n) is 3.28. The van der Waals surface area contributed by atoms with Crippen molar-refractivity contribution in [3.05, 3.63) is 35.9 Å². The third-order valence-electron chi connectivity index (χ3n) is 4.53. The van der Waals surface area contributed by atoms with Crippen LogP contribution < -0.4 is 5.32 Å². The highest BCUT2D eigenvalue weighted by Crippen LogP contribution is 2.36. The molecule has 1 aliphatic carbocycles. The van der Waals surface area contributed by atoms with Crippen LogP contribution in [0.15, 0.2) is 30.3 Å². The van der Waals surface area contributed by atoms with Crippen LogP contribution in [0.3, 0.4) is 0 Å². The summed E-state index contributed by atoms with van der Waals surface area (Å²) in [5.41, 5.74) is 0.754. The van der Waals surface area contributed by atoms with Gasteiger partial charge in [-0.15, -0.1) is 0 Å². The Labute approximate surface area is 138 Å². The molecule has 0 bridgehead atoms. The number of benzene rings is 1. The predicted octanol–water partition coefficient (Wildman–Crippen LogP) is 4.03. The molecule has 0 saturated heterocycles. The fourth-order valence-corrected chi connectivity index (χ4v) is 3.28. The molecule has 1 fully saturated rings. The van der Waals surface area contributed by atoms with Crippen molar-refractivity contribution in [3.63, 3.8) is 0 Å². The van der Waals surface area contributed by atoms with Crippen molar-refractivity contribution in [2.75, 3.05) is 0 Å². The van der Waals surface area contributed by atoms with Gasteiger partial charge in [0.15, 0.2) is 0 Å². The second kappa shape index (κ2) is 8.70. The number of nitrogens with one attached hydrogen (secondary N) is 1. The average Bonchev–Trinajstić information content (AvgIpc) is 3.00. The molecule has 0 radical (unpaired) electrons. The lowest BCUT2D eigenvalue weighted by atomic mass is 9.93. The molecule has 0 spiro atoms. The van der Waals surface area contributed by atoms with E-state index in [4.69, 9.17) is 4.74 Å². The van der Waals surface area contributed by atoms with E-state index in [0.717, 1.165) is 51.2 Å². The molecule has 1 atom stereocenters. The molecule has 0 aliphatic heterocycles. The smallest absolute Gasteiger partial charge is 0.408 e. The first kappa shape index (κ1) is 17.5. The maximum absolute atomic E-state index is 12.2. The Bertz CT molecular complexity index is 495. The van der Waals surface area contributed by atoms with Crippen molar-refractivity contribution in [2.24, 2.45) is 0 Å². The summed E-state index contributed by atoms with van der Waals surface area (Å²) in [6.45, 7) is 2.06. The molecule has 1 aromatic rings. The van der Waals surface area contributed by atoms with Gasteiger partial charge in [-0.25, -0.2) is 4.79 Å². The van der Waals surface area contributed by atoms with Gasteiger partial charge in [0, 0.05) is 6.42 Å². The van der Waals surface area contributed by atoms with Crippen molar-refractivity contribution < 1.29 is 14.3 Å². The lowest BCUT2D eigenvalue weighted by Gasteiger charge is -2.30. The Hall–Kier alpha value is -1.84. The number of carbonyl (C=O) groups is 2. The van der Waals surface area contributed by atoms with E-state index in [1.54, 1.807) is 0 Å². The first-order chi connectivity index (χ1) is 11.2. The van der Waals surface area contributed by atoms with Gasteiger partial charge in [-0.2, -0.15) is 0 Å². The number of alkyl carbamates (subject to hydrolysis) is 1. The summed E-state index contributed by atoms with van der Waals surface area (Å²) in [5, 5.41) is 2.71. The number of rotatable bonds is 8. The zero-order chi connectivity index (χ0) is 16.5. The van der Waals surface area contributed by atoms with Crippen LogP contribution in [0.4, 0.5) is 4.79 Å². The van der Waals surface area contributed by atoms with Crippen molar-refractivity contribution in [2.45, 2.75) is 69.9 Å². The van der Waals surface area contributed by atoms with Crippen LogP contribution >= 0.6 is 0 Å². The molecule has 4 heteroatoms. The number of hydrogen-bond donors (Lipinski definition) is 1. The summed E-state index contributed by atoms with van der Waals surface area (Å²) in [4.78, 5) is 23.3. The van der Waals surface area contributed by atoms with Crippen LogP contribution in [0, 0.1) is 0 Å². The van der Waals surface area contributed by atoms with Gasteiger partial charge >= 0.3 is 6.09 Å². The second-order valence-corrected chi connectivity index (χ2v) is 6.47. The molecule has 1 aromatic carbocycles. The lowest BCUT2D eigenvalue weighted by molar-refractivity contribution is -0.109. The first-order valence-electron chi connectivity index (χ1n) is 8.66. The number of hydrogen-bond acceptors (Lipinski definition) is 3. The van der Waals surface area contributed by atoms with E-state index in [9.17, 15) is 9.59 Å². The van der Waals surface area contributed by atoms with Crippen molar-refractivity contribution in [1.29, 1.82) is 0 Å². The molecule has 0 aromatic heterocycles. The van der Waals surface area contributed by atoms with E-state index in [0.29, 0.717) is 6.42 Å². The Morgan fingerprint density at radius 1 is 1.30 bits per heavy atom. The monoisotopic (exact) mass is 317 g/mol. The summed E-state index contributed by atoms with van der Waals surface area (Å²) in [6.07, 6.45) is 7.58. The molecule has 23 heavy (non-hydrogen) atoms. The van der Waals surface area contributed by atoms with Crippen molar-refractivity contribution in [1.82, 2.24) is 5.32 Å². The van der Waals surface area contributed by atoms with Crippen LogP contribution in [-0.2, 0) is 16.0 Å². The van der Waals surface area contributed by atoms with Crippen LogP contribution in [0.1, 0.15) is 57.4 Å². The minimum Gasteiger partial charge on any atom is -0.443 e. The Balaban J connectivity index is 1.95. The maximum Gasteiger partial charge on any atom is 0.408 e. The summed E-state index contributed by atoms with van der Waals surface area (Å²) in [6, 6.07) is 9.68. The van der Waals surface area contributed by atoms with E-state index < -0.39 is 17.7 Å². The number of aldehydes is 1. The Morgan fingerprint density at radius 3 is 2.61 bits per heavy atom. The third kappa shape index (κ3) is 5.38. The number of unbranched alkanes of at least 4 members (excludes halogenated alkanes) is 1. The molecule has 1 amide bonds. The molecular formula is C19H27NO3. The van der Waals surface area contributed by atoms with E-state index in [1.807, 2.05) is 18.2 Å². The van der Waals surface area contributed by atoms with Crippen molar-refractivity contribution in [3.8, 4) is 0 Å². The lowest BCUT2D eigenvalue weighted by Crippen LogP contribution is -2.43. The van der Waals surface area contributed by atoms with Gasteiger partial charge in [0.25, 0.3) is 0 Å². The molecule has 1 saturated carbocycles. The molecule has 1 aliphatic rings. The zero-order valence-corrected chi connectivity index (χ0v) is 13.9. The predicted molar refractivity (Wildman–Crippen MR) is 90.3 cm³/mol. The van der Waals surface area contributed by atoms with Gasteiger partial charge in [-0.05, 0) is 37.7 Å². The largest absolute Gasteiger partial charge is 0.443 e. The minimum absolute atomic E-state index is 0.427. The molecular weight excluding hydrogens is 290 g/mol. The molecule has 1 N–H and O–H groups in total. The standard InChI is InChI=1S/C19H27NO3/c1-2-3-11-17(15-21)20-18(22)23-19(12-7-8-13-19)14-16-9-5-4-6-10-16/h4-6,9-10,15,17H,2-3,7-8,11-14H2,1H3,(H,20,22). The van der Waals surface area contributed by atoms with E-state index in [1.165, 1.54) is 5.56 Å². The van der Waals surface area contributed by atoms with Gasteiger partial charge in [0.2, 0.25) is 0 Å². The van der Waals surface area contributed by atoms with Gasteiger partial charge in [-0.1, -0.05) is 50.1 Å². The summed E-state index contributed by atoms with van der Waals surface area (Å²) in [7, 11) is 0. The van der Waals surface area contributed by atoms with E-state index in [-0.39, 0.29) is 0 Å². The van der Waals surface area contributed by atoms with Gasteiger partial charge < -0.3 is 14.8 Å². The highest BCUT2D eigenvalue weighted by molar-refractivity contribution is 5.73.